The number of nitrogens with zero attached hydrogens (tertiary/aromatic N) is 1. The molecule has 0 unspecified atom stereocenters. The van der Waals surface area contributed by atoms with Crippen molar-refractivity contribution < 1.29 is 19.1 Å². The fourth-order valence-corrected chi connectivity index (χ4v) is 3.34. The van der Waals surface area contributed by atoms with Crippen molar-refractivity contribution in [3.8, 4) is 11.5 Å². The van der Waals surface area contributed by atoms with Gasteiger partial charge in [0.1, 0.15) is 17.1 Å². The van der Waals surface area contributed by atoms with Crippen molar-refractivity contribution in [2.45, 2.75) is 39.5 Å². The van der Waals surface area contributed by atoms with Crippen molar-refractivity contribution in [2.75, 3.05) is 11.9 Å². The zero-order valence-electron chi connectivity index (χ0n) is 18.8. The van der Waals surface area contributed by atoms with Gasteiger partial charge in [-0.05, 0) is 47.2 Å². The van der Waals surface area contributed by atoms with E-state index in [0.29, 0.717) is 11.5 Å². The second kappa shape index (κ2) is 10.6. The number of nitrogens with one attached hydrogen (secondary N) is 1. The Morgan fingerprint density at radius 3 is 2.22 bits per heavy atom. The van der Waals surface area contributed by atoms with Crippen molar-refractivity contribution >= 4 is 17.6 Å². The van der Waals surface area contributed by atoms with Gasteiger partial charge in [0.25, 0.3) is 5.91 Å². The quantitative estimate of drug-likeness (QED) is 0.447. The summed E-state index contributed by atoms with van der Waals surface area (Å²) in [6.45, 7) is 7.91. The second-order valence-electron chi connectivity index (χ2n) is 8.03. The van der Waals surface area contributed by atoms with Gasteiger partial charge in [0, 0.05) is 11.9 Å². The Morgan fingerprint density at radius 1 is 0.906 bits per heavy atom. The molecule has 0 bridgehead atoms. The normalized spacial score (nSPS) is 10.8. The molecular formula is C26H28N2O4. The van der Waals surface area contributed by atoms with Crippen LogP contribution in [0.1, 0.15) is 61.0 Å². The highest BCUT2D eigenvalue weighted by molar-refractivity contribution is 5.97. The number of hydrogen-bond donors (Lipinski definition) is 1. The number of rotatable bonds is 8. The van der Waals surface area contributed by atoms with Crippen LogP contribution in [0.25, 0.3) is 0 Å². The topological polar surface area (TPSA) is 77.5 Å². The predicted molar refractivity (Wildman–Crippen MR) is 124 cm³/mol. The Balaban J connectivity index is 1.70. The lowest BCUT2D eigenvalue weighted by molar-refractivity contribution is -0.119. The molecule has 6 nitrogen and oxygen atoms in total. The Labute approximate surface area is 188 Å². The van der Waals surface area contributed by atoms with Crippen LogP contribution in [-0.4, -0.2) is 23.5 Å². The summed E-state index contributed by atoms with van der Waals surface area (Å²) < 4.78 is 11.0. The first-order valence-corrected chi connectivity index (χ1v) is 10.6. The molecule has 0 atom stereocenters. The van der Waals surface area contributed by atoms with E-state index in [4.69, 9.17) is 9.47 Å². The summed E-state index contributed by atoms with van der Waals surface area (Å²) in [7, 11) is 0. The minimum absolute atomic E-state index is 0.231. The summed E-state index contributed by atoms with van der Waals surface area (Å²) in [5.41, 5.74) is 3.12. The zero-order chi connectivity index (χ0) is 23.1. The highest BCUT2D eigenvalue weighted by Crippen LogP contribution is 2.32. The average Bonchev–Trinajstić information content (AvgIpc) is 2.78. The molecule has 0 spiro atoms. The van der Waals surface area contributed by atoms with Gasteiger partial charge in [-0.25, -0.2) is 4.79 Å². The number of benzene rings is 2. The van der Waals surface area contributed by atoms with E-state index in [2.05, 4.69) is 38.0 Å². The van der Waals surface area contributed by atoms with Gasteiger partial charge in [-0.3, -0.25) is 9.78 Å². The molecule has 0 aliphatic carbocycles. The number of carbonyl (C=O) groups is 2. The standard InChI is InChI=1S/C26H28N2O4/c1-17(2)20-11-7-12-21(18(3)4)25(20)28-24(29)16-31-26(30)22-10-5-6-13-23(22)32-19-9-8-14-27-15-19/h5-15,17-18H,16H2,1-4H3,(H,28,29). The van der Waals surface area contributed by atoms with Gasteiger partial charge >= 0.3 is 5.97 Å². The van der Waals surface area contributed by atoms with Gasteiger partial charge in [-0.1, -0.05) is 58.0 Å². The van der Waals surface area contributed by atoms with Gasteiger partial charge in [0.2, 0.25) is 0 Å². The van der Waals surface area contributed by atoms with E-state index in [9.17, 15) is 9.59 Å². The summed E-state index contributed by atoms with van der Waals surface area (Å²) in [6.07, 6.45) is 3.18. The van der Waals surface area contributed by atoms with Crippen molar-refractivity contribution in [3.05, 3.63) is 83.7 Å². The molecule has 0 saturated heterocycles. The molecule has 1 aromatic heterocycles. The van der Waals surface area contributed by atoms with Crippen LogP contribution in [0.4, 0.5) is 5.69 Å². The van der Waals surface area contributed by atoms with E-state index < -0.39 is 12.6 Å². The number of hydrogen-bond acceptors (Lipinski definition) is 5. The van der Waals surface area contributed by atoms with E-state index in [1.807, 2.05) is 18.2 Å². The number of ether oxygens (including phenoxy) is 2. The molecule has 0 aliphatic heterocycles. The molecule has 6 heteroatoms. The Morgan fingerprint density at radius 2 is 1.59 bits per heavy atom. The predicted octanol–water partition coefficient (Wildman–Crippen LogP) is 5.92. The Hall–Kier alpha value is -3.67. The van der Waals surface area contributed by atoms with Crippen molar-refractivity contribution in [1.82, 2.24) is 4.98 Å². The number of esters is 1. The Kier molecular flexibility index (Phi) is 7.60. The van der Waals surface area contributed by atoms with Gasteiger partial charge in [-0.15, -0.1) is 0 Å². The summed E-state index contributed by atoms with van der Waals surface area (Å²) in [5.74, 6) is 0.279. The van der Waals surface area contributed by atoms with Crippen LogP contribution >= 0.6 is 0 Å². The molecule has 3 rings (SSSR count). The molecule has 0 saturated carbocycles. The van der Waals surface area contributed by atoms with E-state index in [1.165, 1.54) is 0 Å². The van der Waals surface area contributed by atoms with Crippen LogP contribution in [0.2, 0.25) is 0 Å². The largest absolute Gasteiger partial charge is 0.455 e. The number of carbonyl (C=O) groups excluding carboxylic acids is 2. The van der Waals surface area contributed by atoms with Gasteiger partial charge in [0.15, 0.2) is 6.61 Å². The molecule has 1 heterocycles. The van der Waals surface area contributed by atoms with Crippen LogP contribution in [0.15, 0.2) is 67.0 Å². The molecule has 1 amide bonds. The zero-order valence-corrected chi connectivity index (χ0v) is 18.8. The minimum Gasteiger partial charge on any atom is -0.455 e. The number of pyridine rings is 1. The summed E-state index contributed by atoms with van der Waals surface area (Å²) in [6, 6.07) is 16.2. The van der Waals surface area contributed by atoms with Crippen molar-refractivity contribution in [2.24, 2.45) is 0 Å². The van der Waals surface area contributed by atoms with Crippen molar-refractivity contribution in [3.63, 3.8) is 0 Å². The number of anilines is 1. The lowest BCUT2D eigenvalue weighted by Crippen LogP contribution is -2.23. The van der Waals surface area contributed by atoms with Crippen LogP contribution in [-0.2, 0) is 9.53 Å². The number of amides is 1. The molecular weight excluding hydrogens is 404 g/mol. The number of aromatic nitrogens is 1. The first kappa shape index (κ1) is 23.0. The molecule has 3 aromatic rings. The van der Waals surface area contributed by atoms with E-state index in [-0.39, 0.29) is 23.3 Å². The third-order valence-corrected chi connectivity index (χ3v) is 4.94. The highest BCUT2D eigenvalue weighted by Gasteiger charge is 2.19. The molecule has 1 N–H and O–H groups in total. The molecule has 0 fully saturated rings. The first-order valence-electron chi connectivity index (χ1n) is 10.6. The summed E-state index contributed by atoms with van der Waals surface area (Å²) in [5, 5.41) is 2.95. The van der Waals surface area contributed by atoms with E-state index in [0.717, 1.165) is 16.8 Å². The first-order chi connectivity index (χ1) is 15.4. The maximum Gasteiger partial charge on any atom is 0.342 e. The number of para-hydroxylation sites is 2. The fraction of sp³-hybridized carbons (Fsp3) is 0.269. The second-order valence-corrected chi connectivity index (χ2v) is 8.03. The molecule has 0 aliphatic rings. The van der Waals surface area contributed by atoms with Crippen molar-refractivity contribution in [1.29, 1.82) is 0 Å². The van der Waals surface area contributed by atoms with Gasteiger partial charge in [0.05, 0.1) is 6.20 Å². The van der Waals surface area contributed by atoms with E-state index >= 15 is 0 Å². The molecule has 2 aromatic carbocycles. The maximum absolute atomic E-state index is 12.7. The van der Waals surface area contributed by atoms with E-state index in [1.54, 1.807) is 48.8 Å². The van der Waals surface area contributed by atoms with Crippen LogP contribution in [0, 0.1) is 0 Å². The van der Waals surface area contributed by atoms with Gasteiger partial charge in [-0.2, -0.15) is 0 Å². The third kappa shape index (κ3) is 5.72. The summed E-state index contributed by atoms with van der Waals surface area (Å²) >= 11 is 0. The fourth-order valence-electron chi connectivity index (χ4n) is 3.34. The smallest absolute Gasteiger partial charge is 0.342 e. The molecule has 166 valence electrons. The lowest BCUT2D eigenvalue weighted by atomic mass is 9.92. The molecule has 32 heavy (non-hydrogen) atoms. The lowest BCUT2D eigenvalue weighted by Gasteiger charge is -2.20. The van der Waals surface area contributed by atoms with Gasteiger partial charge < -0.3 is 14.8 Å². The SMILES string of the molecule is CC(C)c1cccc(C(C)C)c1NC(=O)COC(=O)c1ccccc1Oc1cccnc1. The average molecular weight is 433 g/mol. The highest BCUT2D eigenvalue weighted by atomic mass is 16.5. The van der Waals surface area contributed by atoms with Crippen LogP contribution in [0.3, 0.4) is 0 Å². The van der Waals surface area contributed by atoms with Crippen LogP contribution < -0.4 is 10.1 Å². The van der Waals surface area contributed by atoms with Crippen LogP contribution in [0.5, 0.6) is 11.5 Å². The molecule has 0 radical (unpaired) electrons. The summed E-state index contributed by atoms with van der Waals surface area (Å²) in [4.78, 5) is 29.3. The maximum atomic E-state index is 12.7. The Bertz CT molecular complexity index is 1050. The monoisotopic (exact) mass is 432 g/mol. The third-order valence-electron chi connectivity index (χ3n) is 4.94. The minimum atomic E-state index is -0.638.